The lowest BCUT2D eigenvalue weighted by Gasteiger charge is -2.26. The summed E-state index contributed by atoms with van der Waals surface area (Å²) in [5, 5.41) is 6.50. The molecular weight excluding hydrogens is 192 g/mol. The van der Waals surface area contributed by atoms with Gasteiger partial charge in [-0.25, -0.2) is 0 Å². The van der Waals surface area contributed by atoms with Crippen LogP contribution in [0.1, 0.15) is 6.42 Å². The topological polar surface area (TPSA) is 48.9 Å². The Kier molecular flexibility index (Phi) is 4.23. The Labute approximate surface area is 90.9 Å². The van der Waals surface area contributed by atoms with Crippen molar-refractivity contribution in [3.63, 3.8) is 0 Å². The zero-order valence-corrected chi connectivity index (χ0v) is 9.17. The second-order valence-electron chi connectivity index (χ2n) is 3.89. The number of aliphatic imine (C=N–C) groups is 1. The third kappa shape index (κ3) is 3.68. The molecule has 2 aliphatic heterocycles. The van der Waals surface area contributed by atoms with Crippen LogP contribution < -0.4 is 10.6 Å². The van der Waals surface area contributed by atoms with E-state index in [0.717, 1.165) is 58.4 Å². The molecule has 2 N–H and O–H groups in total. The molecule has 1 saturated heterocycles. The molecule has 0 radical (unpaired) electrons. The summed E-state index contributed by atoms with van der Waals surface area (Å²) in [7, 11) is 0. The molecule has 0 amide bonds. The van der Waals surface area contributed by atoms with Crippen molar-refractivity contribution in [2.45, 2.75) is 6.42 Å². The summed E-state index contributed by atoms with van der Waals surface area (Å²) in [6.45, 7) is 7.99. The fraction of sp³-hybridized carbons (Fsp3) is 0.900. The van der Waals surface area contributed by atoms with E-state index in [-0.39, 0.29) is 0 Å². The highest BCUT2D eigenvalue weighted by atomic mass is 16.5. The van der Waals surface area contributed by atoms with Gasteiger partial charge in [-0.05, 0) is 13.0 Å². The van der Waals surface area contributed by atoms with Crippen LogP contribution in [0.3, 0.4) is 0 Å². The predicted octanol–water partition coefficient (Wildman–Crippen LogP) is -0.742. The van der Waals surface area contributed by atoms with Gasteiger partial charge in [-0.2, -0.15) is 0 Å². The minimum Gasteiger partial charge on any atom is -0.379 e. The average molecular weight is 212 g/mol. The molecule has 2 rings (SSSR count). The van der Waals surface area contributed by atoms with Crippen molar-refractivity contribution in [2.75, 3.05) is 52.5 Å². The van der Waals surface area contributed by atoms with Crippen molar-refractivity contribution >= 4 is 5.96 Å². The standard InChI is InChI=1S/C10H20N4O/c1(2-11-10-12-3-4-13-10)5-14-6-8-15-9-7-14/h1-9H2,(H2,11,12,13). The van der Waals surface area contributed by atoms with Crippen LogP contribution in [0.15, 0.2) is 4.99 Å². The van der Waals surface area contributed by atoms with E-state index in [1.165, 1.54) is 6.42 Å². The molecule has 0 bridgehead atoms. The first-order valence-corrected chi connectivity index (χ1v) is 5.77. The Morgan fingerprint density at radius 3 is 3.00 bits per heavy atom. The van der Waals surface area contributed by atoms with Crippen molar-refractivity contribution in [3.05, 3.63) is 0 Å². The lowest BCUT2D eigenvalue weighted by Crippen LogP contribution is -2.39. The highest BCUT2D eigenvalue weighted by Crippen LogP contribution is 1.97. The molecule has 15 heavy (non-hydrogen) atoms. The molecule has 0 unspecified atom stereocenters. The molecule has 0 aliphatic carbocycles. The summed E-state index contributed by atoms with van der Waals surface area (Å²) in [4.78, 5) is 6.73. The van der Waals surface area contributed by atoms with E-state index in [2.05, 4.69) is 20.5 Å². The number of hydrogen-bond donors (Lipinski definition) is 2. The lowest BCUT2D eigenvalue weighted by atomic mass is 10.3. The molecule has 5 nitrogen and oxygen atoms in total. The first-order valence-electron chi connectivity index (χ1n) is 5.77. The normalized spacial score (nSPS) is 22.3. The summed E-state index contributed by atoms with van der Waals surface area (Å²) in [6.07, 6.45) is 1.17. The molecule has 0 aromatic rings. The molecule has 1 fully saturated rings. The monoisotopic (exact) mass is 212 g/mol. The Morgan fingerprint density at radius 1 is 1.40 bits per heavy atom. The van der Waals surface area contributed by atoms with Crippen molar-refractivity contribution in [3.8, 4) is 0 Å². The van der Waals surface area contributed by atoms with E-state index < -0.39 is 0 Å². The average Bonchev–Trinajstić information content (AvgIpc) is 2.79. The molecular formula is C10H20N4O. The quantitative estimate of drug-likeness (QED) is 0.603. The SMILES string of the molecule is C(CNC1=NCCN1)CN1CCOCC1. The summed E-state index contributed by atoms with van der Waals surface area (Å²) in [5.41, 5.74) is 0. The van der Waals surface area contributed by atoms with Crippen LogP contribution in [0.5, 0.6) is 0 Å². The highest BCUT2D eigenvalue weighted by Gasteiger charge is 2.09. The number of guanidine groups is 1. The maximum Gasteiger partial charge on any atom is 0.191 e. The second-order valence-corrected chi connectivity index (χ2v) is 3.89. The molecule has 0 spiro atoms. The first kappa shape index (κ1) is 10.7. The summed E-state index contributed by atoms with van der Waals surface area (Å²) < 4.78 is 5.30. The van der Waals surface area contributed by atoms with Crippen LogP contribution in [0.2, 0.25) is 0 Å². The Balaban J connectivity index is 1.50. The van der Waals surface area contributed by atoms with Crippen molar-refractivity contribution in [2.24, 2.45) is 4.99 Å². The van der Waals surface area contributed by atoms with E-state index in [9.17, 15) is 0 Å². The minimum atomic E-state index is 0.891. The fourth-order valence-corrected chi connectivity index (χ4v) is 1.85. The third-order valence-corrected chi connectivity index (χ3v) is 2.72. The van der Waals surface area contributed by atoms with E-state index in [0.29, 0.717) is 0 Å². The molecule has 2 heterocycles. The Morgan fingerprint density at radius 2 is 2.27 bits per heavy atom. The maximum absolute atomic E-state index is 5.30. The van der Waals surface area contributed by atoms with Gasteiger partial charge in [-0.3, -0.25) is 9.89 Å². The molecule has 86 valence electrons. The van der Waals surface area contributed by atoms with Gasteiger partial charge >= 0.3 is 0 Å². The van der Waals surface area contributed by atoms with Gasteiger partial charge in [0.1, 0.15) is 0 Å². The Hall–Kier alpha value is -0.810. The number of nitrogens with one attached hydrogen (secondary N) is 2. The van der Waals surface area contributed by atoms with E-state index >= 15 is 0 Å². The van der Waals surface area contributed by atoms with Crippen molar-refractivity contribution in [1.82, 2.24) is 15.5 Å². The van der Waals surface area contributed by atoms with Crippen molar-refractivity contribution in [1.29, 1.82) is 0 Å². The fourth-order valence-electron chi connectivity index (χ4n) is 1.85. The summed E-state index contributed by atoms with van der Waals surface area (Å²) >= 11 is 0. The zero-order chi connectivity index (χ0) is 10.3. The number of morpholine rings is 1. The van der Waals surface area contributed by atoms with E-state index in [4.69, 9.17) is 4.74 Å². The highest BCUT2D eigenvalue weighted by molar-refractivity contribution is 5.81. The third-order valence-electron chi connectivity index (χ3n) is 2.72. The number of ether oxygens (including phenoxy) is 1. The van der Waals surface area contributed by atoms with Crippen LogP contribution in [0.4, 0.5) is 0 Å². The van der Waals surface area contributed by atoms with Crippen molar-refractivity contribution < 1.29 is 4.74 Å². The van der Waals surface area contributed by atoms with Crippen LogP contribution >= 0.6 is 0 Å². The van der Waals surface area contributed by atoms with E-state index in [1.54, 1.807) is 0 Å². The molecule has 0 aromatic carbocycles. The molecule has 0 aromatic heterocycles. The van der Waals surface area contributed by atoms with Gasteiger partial charge < -0.3 is 15.4 Å². The number of nitrogens with zero attached hydrogens (tertiary/aromatic N) is 2. The van der Waals surface area contributed by atoms with Gasteiger partial charge in [0.25, 0.3) is 0 Å². The lowest BCUT2D eigenvalue weighted by molar-refractivity contribution is 0.0376. The largest absolute Gasteiger partial charge is 0.379 e. The first-order chi connectivity index (χ1) is 7.45. The number of rotatable bonds is 4. The molecule has 5 heteroatoms. The zero-order valence-electron chi connectivity index (χ0n) is 9.17. The van der Waals surface area contributed by atoms with Gasteiger partial charge in [0.15, 0.2) is 5.96 Å². The van der Waals surface area contributed by atoms with Gasteiger partial charge in [0, 0.05) is 26.2 Å². The molecule has 2 aliphatic rings. The minimum absolute atomic E-state index is 0.891. The van der Waals surface area contributed by atoms with E-state index in [1.807, 2.05) is 0 Å². The van der Waals surface area contributed by atoms with Crippen LogP contribution in [-0.4, -0.2) is 63.3 Å². The second kappa shape index (κ2) is 5.92. The summed E-state index contributed by atoms with van der Waals surface area (Å²) in [5.74, 6) is 0.969. The van der Waals surface area contributed by atoms with Crippen LogP contribution in [0.25, 0.3) is 0 Å². The number of hydrogen-bond acceptors (Lipinski definition) is 5. The summed E-state index contributed by atoms with van der Waals surface area (Å²) in [6, 6.07) is 0. The molecule has 0 atom stereocenters. The smallest absolute Gasteiger partial charge is 0.191 e. The van der Waals surface area contributed by atoms with Gasteiger partial charge in [-0.1, -0.05) is 0 Å². The van der Waals surface area contributed by atoms with Gasteiger partial charge in [0.05, 0.1) is 19.8 Å². The van der Waals surface area contributed by atoms with Gasteiger partial charge in [-0.15, -0.1) is 0 Å². The van der Waals surface area contributed by atoms with Crippen LogP contribution in [0, 0.1) is 0 Å². The maximum atomic E-state index is 5.30. The van der Waals surface area contributed by atoms with Gasteiger partial charge in [0.2, 0.25) is 0 Å². The molecule has 0 saturated carbocycles. The Bertz CT molecular complexity index is 213. The van der Waals surface area contributed by atoms with Crippen LogP contribution in [-0.2, 0) is 4.74 Å². The predicted molar refractivity (Wildman–Crippen MR) is 60.2 cm³/mol.